The lowest BCUT2D eigenvalue weighted by molar-refractivity contribution is 0.0696. The maximum Gasteiger partial charge on any atom is 0.335 e. The molecule has 0 unspecified atom stereocenters. The van der Waals surface area contributed by atoms with Crippen molar-refractivity contribution in [1.29, 1.82) is 0 Å². The van der Waals surface area contributed by atoms with Crippen LogP contribution in [0.2, 0.25) is 0 Å². The second-order valence-electron chi connectivity index (χ2n) is 8.72. The van der Waals surface area contributed by atoms with Crippen LogP contribution in [0.1, 0.15) is 23.2 Å². The van der Waals surface area contributed by atoms with Gasteiger partial charge in [-0.3, -0.25) is 9.71 Å². The standard InChI is InChI=1S/C25H24N6O6S2/c1-36-23-19(11-28-25(30-23)37-2)13-3-6-18-20(9-13)27-12-21(38-31-15-4-5-15)22(18)29-16-7-14(24(32)33)8-17(10-16)39(26,34)35/h3,6-12,15,31H,4-5H2,1-2H3,(H,27,29)(H,32,33)(H2,26,34,35). The predicted octanol–water partition coefficient (Wildman–Crippen LogP) is 3.56. The highest BCUT2D eigenvalue weighted by Gasteiger charge is 2.23. The van der Waals surface area contributed by atoms with Crippen molar-refractivity contribution in [1.82, 2.24) is 19.7 Å². The van der Waals surface area contributed by atoms with Crippen LogP contribution in [0.3, 0.4) is 0 Å². The number of nitrogens with two attached hydrogens (primary N) is 1. The summed E-state index contributed by atoms with van der Waals surface area (Å²) in [5, 5.41) is 18.8. The maximum absolute atomic E-state index is 12.0. The van der Waals surface area contributed by atoms with Crippen LogP contribution < -0.4 is 24.7 Å². The van der Waals surface area contributed by atoms with Gasteiger partial charge in [0.2, 0.25) is 15.9 Å². The summed E-state index contributed by atoms with van der Waals surface area (Å²) in [6.45, 7) is 0. The van der Waals surface area contributed by atoms with E-state index < -0.39 is 16.0 Å². The van der Waals surface area contributed by atoms with Crippen LogP contribution in [0.5, 0.6) is 11.9 Å². The van der Waals surface area contributed by atoms with E-state index in [-0.39, 0.29) is 22.2 Å². The first-order valence-corrected chi connectivity index (χ1v) is 14.0. The zero-order valence-corrected chi connectivity index (χ0v) is 22.5. The highest BCUT2D eigenvalue weighted by atomic mass is 32.2. The first-order valence-electron chi connectivity index (χ1n) is 11.6. The van der Waals surface area contributed by atoms with Gasteiger partial charge in [-0.05, 0) is 54.6 Å². The third-order valence-electron chi connectivity index (χ3n) is 5.92. The van der Waals surface area contributed by atoms with Crippen LogP contribution in [0.25, 0.3) is 22.0 Å². The number of aromatic carboxylic acids is 1. The fourth-order valence-electron chi connectivity index (χ4n) is 3.80. The third-order valence-corrected chi connectivity index (χ3v) is 7.79. The average Bonchev–Trinajstić information content (AvgIpc) is 3.76. The minimum absolute atomic E-state index is 0.174. The predicted molar refractivity (Wildman–Crippen MR) is 146 cm³/mol. The van der Waals surface area contributed by atoms with Crippen molar-refractivity contribution in [3.63, 3.8) is 0 Å². The SMILES string of the molecule is COc1ncc(-c2ccc3c(Nc4cc(C(=O)O)cc(S(N)(=O)=O)c4)c(SNC4CC4)cnc3c2)c(OC)n1. The average molecular weight is 569 g/mol. The second-order valence-corrected chi connectivity index (χ2v) is 11.2. The molecule has 0 spiro atoms. The lowest BCUT2D eigenvalue weighted by atomic mass is 10.0. The summed E-state index contributed by atoms with van der Waals surface area (Å²) in [5.74, 6) is -0.949. The van der Waals surface area contributed by atoms with Crippen molar-refractivity contribution in [3.8, 4) is 23.0 Å². The molecule has 5 N–H and O–H groups in total. The number of carboxylic acids is 1. The molecule has 1 saturated carbocycles. The van der Waals surface area contributed by atoms with E-state index in [4.69, 9.17) is 14.6 Å². The lowest BCUT2D eigenvalue weighted by Crippen LogP contribution is -2.14. The van der Waals surface area contributed by atoms with Crippen LogP contribution in [-0.4, -0.2) is 54.7 Å². The second kappa shape index (κ2) is 10.6. The smallest absolute Gasteiger partial charge is 0.335 e. The number of ether oxygens (including phenoxy) is 2. The van der Waals surface area contributed by atoms with Gasteiger partial charge in [-0.15, -0.1) is 0 Å². The summed E-state index contributed by atoms with van der Waals surface area (Å²) in [7, 11) is -1.18. The Kier molecular flexibility index (Phi) is 7.27. The van der Waals surface area contributed by atoms with Crippen molar-refractivity contribution in [2.24, 2.45) is 5.14 Å². The van der Waals surface area contributed by atoms with Gasteiger partial charge in [0.05, 0.1) is 46.3 Å². The number of primary sulfonamides is 1. The van der Waals surface area contributed by atoms with Crippen LogP contribution >= 0.6 is 11.9 Å². The highest BCUT2D eigenvalue weighted by Crippen LogP contribution is 2.38. The van der Waals surface area contributed by atoms with Gasteiger partial charge in [-0.2, -0.15) is 4.98 Å². The molecule has 202 valence electrons. The monoisotopic (exact) mass is 568 g/mol. The Morgan fingerprint density at radius 3 is 2.56 bits per heavy atom. The number of methoxy groups -OCH3 is 2. The number of carboxylic acid groups (broad SMARTS) is 1. The zero-order valence-electron chi connectivity index (χ0n) is 20.8. The van der Waals surface area contributed by atoms with E-state index in [0.29, 0.717) is 34.1 Å². The molecule has 39 heavy (non-hydrogen) atoms. The number of pyridine rings is 1. The van der Waals surface area contributed by atoms with E-state index in [1.54, 1.807) is 12.4 Å². The highest BCUT2D eigenvalue weighted by molar-refractivity contribution is 7.97. The molecule has 2 heterocycles. The minimum atomic E-state index is -4.15. The zero-order chi connectivity index (χ0) is 27.7. The Bertz CT molecular complexity index is 1690. The Balaban J connectivity index is 1.62. The molecule has 14 heteroatoms. The Hall–Kier alpha value is -3.98. The van der Waals surface area contributed by atoms with Crippen molar-refractivity contribution in [2.45, 2.75) is 28.7 Å². The number of nitrogens with one attached hydrogen (secondary N) is 2. The van der Waals surface area contributed by atoms with Gasteiger partial charge in [-0.25, -0.2) is 23.3 Å². The van der Waals surface area contributed by atoms with Gasteiger partial charge in [0.15, 0.2) is 0 Å². The van der Waals surface area contributed by atoms with Crippen LogP contribution in [0.4, 0.5) is 11.4 Å². The van der Waals surface area contributed by atoms with Crippen molar-refractivity contribution in [2.75, 3.05) is 19.5 Å². The largest absolute Gasteiger partial charge is 0.480 e. The number of hydrogen-bond donors (Lipinski definition) is 4. The number of benzene rings is 2. The summed E-state index contributed by atoms with van der Waals surface area (Å²) in [6, 6.07) is 9.79. The molecule has 0 radical (unpaired) electrons. The summed E-state index contributed by atoms with van der Waals surface area (Å²) in [5.41, 5.74) is 2.64. The number of aromatic nitrogens is 3. The maximum atomic E-state index is 12.0. The van der Waals surface area contributed by atoms with Gasteiger partial charge in [0.1, 0.15) is 0 Å². The summed E-state index contributed by atoms with van der Waals surface area (Å²) >= 11 is 1.39. The minimum Gasteiger partial charge on any atom is -0.480 e. The number of rotatable bonds is 10. The lowest BCUT2D eigenvalue weighted by Gasteiger charge is -2.16. The molecular weight excluding hydrogens is 544 g/mol. The summed E-state index contributed by atoms with van der Waals surface area (Å²) < 4.78 is 38.0. The van der Waals surface area contributed by atoms with Crippen LogP contribution in [0.15, 0.2) is 58.6 Å². The molecule has 0 bridgehead atoms. The Morgan fingerprint density at radius 2 is 1.90 bits per heavy atom. The molecule has 2 aromatic carbocycles. The number of carbonyl (C=O) groups is 1. The van der Waals surface area contributed by atoms with Gasteiger partial charge < -0.3 is 19.9 Å². The van der Waals surface area contributed by atoms with Crippen LogP contribution in [0, 0.1) is 0 Å². The molecule has 1 aliphatic carbocycles. The number of hydrogen-bond acceptors (Lipinski definition) is 11. The molecule has 0 saturated heterocycles. The molecule has 1 aliphatic rings. The van der Waals surface area contributed by atoms with Gasteiger partial charge in [-0.1, -0.05) is 12.1 Å². The van der Waals surface area contributed by atoms with E-state index >= 15 is 0 Å². The number of anilines is 2. The topological polar surface area (TPSA) is 179 Å². The van der Waals surface area contributed by atoms with Gasteiger partial charge in [0.25, 0.3) is 0 Å². The summed E-state index contributed by atoms with van der Waals surface area (Å²) in [4.78, 5) is 25.2. The normalized spacial score (nSPS) is 13.3. The number of sulfonamides is 1. The molecule has 4 aromatic rings. The van der Waals surface area contributed by atoms with Crippen LogP contribution in [-0.2, 0) is 10.0 Å². The first-order chi connectivity index (χ1) is 18.7. The van der Waals surface area contributed by atoms with E-state index in [2.05, 4.69) is 25.0 Å². The third kappa shape index (κ3) is 5.88. The molecule has 0 atom stereocenters. The fourth-order valence-corrected chi connectivity index (χ4v) is 5.28. The fraction of sp³-hybridized carbons (Fsp3) is 0.200. The Morgan fingerprint density at radius 1 is 1.10 bits per heavy atom. The van der Waals surface area contributed by atoms with Crippen molar-refractivity contribution in [3.05, 3.63) is 54.4 Å². The molecule has 2 aromatic heterocycles. The van der Waals surface area contributed by atoms with E-state index in [9.17, 15) is 18.3 Å². The van der Waals surface area contributed by atoms with E-state index in [1.165, 1.54) is 38.3 Å². The molecular formula is C25H24N6O6S2. The Labute approximate surface area is 228 Å². The van der Waals surface area contributed by atoms with Crippen molar-refractivity contribution < 1.29 is 27.8 Å². The molecule has 0 amide bonds. The molecule has 1 fully saturated rings. The molecule has 0 aliphatic heterocycles. The number of nitrogens with zero attached hydrogens (tertiary/aromatic N) is 3. The number of fused-ring (bicyclic) bond motifs is 1. The molecule has 5 rings (SSSR count). The summed E-state index contributed by atoms with van der Waals surface area (Å²) in [6.07, 6.45) is 5.44. The first kappa shape index (κ1) is 26.6. The quantitative estimate of drug-likeness (QED) is 0.205. The van der Waals surface area contributed by atoms with E-state index in [0.717, 1.165) is 29.4 Å². The molecule has 12 nitrogen and oxygen atoms in total. The van der Waals surface area contributed by atoms with E-state index in [1.807, 2.05) is 18.2 Å². The van der Waals surface area contributed by atoms with Gasteiger partial charge >= 0.3 is 12.0 Å². The van der Waals surface area contributed by atoms with Gasteiger partial charge in [0, 0.05) is 29.5 Å². The van der Waals surface area contributed by atoms with Crippen molar-refractivity contribution >= 4 is 50.2 Å².